The van der Waals surface area contributed by atoms with Crippen LogP contribution in [0.4, 0.5) is 0 Å². The molecule has 1 aromatic heterocycles. The van der Waals surface area contributed by atoms with Crippen molar-refractivity contribution in [1.29, 1.82) is 0 Å². The molecule has 0 radical (unpaired) electrons. The molecule has 21 heavy (non-hydrogen) atoms. The van der Waals surface area contributed by atoms with E-state index < -0.39 is 12.0 Å². The van der Waals surface area contributed by atoms with Gasteiger partial charge in [0.05, 0.1) is 4.88 Å². The number of hydrogen-bond acceptors (Lipinski definition) is 4. The highest BCUT2D eigenvalue weighted by molar-refractivity contribution is 7.12. The Morgan fingerprint density at radius 2 is 2.14 bits per heavy atom. The number of hydrogen-bond donors (Lipinski definition) is 3. The molecule has 1 aromatic rings. The van der Waals surface area contributed by atoms with Gasteiger partial charge in [0, 0.05) is 13.0 Å². The van der Waals surface area contributed by atoms with Gasteiger partial charge in [-0.1, -0.05) is 6.07 Å². The Hall–Kier alpha value is -1.89. The van der Waals surface area contributed by atoms with Crippen molar-refractivity contribution >= 4 is 29.1 Å². The molecule has 0 bridgehead atoms. The van der Waals surface area contributed by atoms with Gasteiger partial charge in [-0.2, -0.15) is 0 Å². The average molecular weight is 310 g/mol. The second kappa shape index (κ2) is 7.21. The Morgan fingerprint density at radius 1 is 1.38 bits per heavy atom. The summed E-state index contributed by atoms with van der Waals surface area (Å²) in [4.78, 5) is 34.9. The number of carboxylic acid groups (broad SMARTS) is 1. The number of rotatable bonds is 8. The van der Waals surface area contributed by atoms with Crippen molar-refractivity contribution in [1.82, 2.24) is 10.6 Å². The molecular formula is C14H18N2O4S. The first-order valence-corrected chi connectivity index (χ1v) is 7.80. The fraction of sp³-hybridized carbons (Fsp3) is 0.500. The van der Waals surface area contributed by atoms with Gasteiger partial charge >= 0.3 is 5.97 Å². The third kappa shape index (κ3) is 4.86. The highest BCUT2D eigenvalue weighted by Gasteiger charge is 2.37. The number of carbonyl (C=O) groups excluding carboxylic acids is 2. The van der Waals surface area contributed by atoms with Crippen LogP contribution in [0.3, 0.4) is 0 Å². The van der Waals surface area contributed by atoms with Crippen LogP contribution < -0.4 is 10.6 Å². The van der Waals surface area contributed by atoms with Gasteiger partial charge in [-0.3, -0.25) is 9.59 Å². The van der Waals surface area contributed by atoms with Gasteiger partial charge in [0.1, 0.15) is 6.04 Å². The number of carbonyl (C=O) groups is 3. The van der Waals surface area contributed by atoms with E-state index in [2.05, 4.69) is 10.6 Å². The van der Waals surface area contributed by atoms with Gasteiger partial charge < -0.3 is 15.7 Å². The monoisotopic (exact) mass is 310 g/mol. The summed E-state index contributed by atoms with van der Waals surface area (Å²) in [5, 5.41) is 16.1. The van der Waals surface area contributed by atoms with Crippen LogP contribution >= 0.6 is 11.3 Å². The second-order valence-electron chi connectivity index (χ2n) is 5.06. The predicted octanol–water partition coefficient (Wildman–Crippen LogP) is 1.24. The fourth-order valence-corrected chi connectivity index (χ4v) is 2.64. The van der Waals surface area contributed by atoms with Gasteiger partial charge in [-0.25, -0.2) is 4.79 Å². The Bertz CT molecular complexity index is 511. The zero-order valence-electron chi connectivity index (χ0n) is 11.5. The SMILES string of the molecule is O=C(CCCNC(=O)c1cccs1)NC(C(=O)O)C1CC1. The molecule has 6 nitrogen and oxygen atoms in total. The Labute approximate surface area is 126 Å². The molecule has 1 heterocycles. The maximum atomic E-state index is 11.7. The zero-order valence-corrected chi connectivity index (χ0v) is 12.3. The fourth-order valence-electron chi connectivity index (χ4n) is 2.00. The lowest BCUT2D eigenvalue weighted by atomic mass is 10.1. The lowest BCUT2D eigenvalue weighted by molar-refractivity contribution is -0.142. The minimum Gasteiger partial charge on any atom is -0.480 e. The minimum atomic E-state index is -0.975. The molecule has 1 atom stereocenters. The lowest BCUT2D eigenvalue weighted by Gasteiger charge is -2.13. The second-order valence-corrected chi connectivity index (χ2v) is 6.01. The van der Waals surface area contributed by atoms with E-state index in [0.29, 0.717) is 17.8 Å². The van der Waals surface area contributed by atoms with E-state index in [1.165, 1.54) is 11.3 Å². The van der Waals surface area contributed by atoms with E-state index in [1.807, 2.05) is 5.38 Å². The van der Waals surface area contributed by atoms with Crippen LogP contribution in [-0.4, -0.2) is 35.5 Å². The summed E-state index contributed by atoms with van der Waals surface area (Å²) in [6.45, 7) is 0.394. The van der Waals surface area contributed by atoms with Crippen molar-refractivity contribution in [3.63, 3.8) is 0 Å². The topological polar surface area (TPSA) is 95.5 Å². The van der Waals surface area contributed by atoms with Crippen molar-refractivity contribution in [2.45, 2.75) is 31.7 Å². The van der Waals surface area contributed by atoms with Crippen LogP contribution in [0.2, 0.25) is 0 Å². The Balaban J connectivity index is 1.63. The van der Waals surface area contributed by atoms with Crippen molar-refractivity contribution < 1.29 is 19.5 Å². The first-order valence-electron chi connectivity index (χ1n) is 6.92. The zero-order chi connectivity index (χ0) is 15.2. The molecule has 1 aliphatic carbocycles. The Morgan fingerprint density at radius 3 is 2.71 bits per heavy atom. The molecular weight excluding hydrogens is 292 g/mol. The Kier molecular flexibility index (Phi) is 5.32. The molecule has 3 N–H and O–H groups in total. The molecule has 1 unspecified atom stereocenters. The third-order valence-corrected chi connectivity index (χ3v) is 4.16. The summed E-state index contributed by atoms with van der Waals surface area (Å²) in [6.07, 6.45) is 2.41. The van der Waals surface area contributed by atoms with E-state index >= 15 is 0 Å². The molecule has 114 valence electrons. The predicted molar refractivity (Wildman–Crippen MR) is 78.2 cm³/mol. The van der Waals surface area contributed by atoms with E-state index in [9.17, 15) is 14.4 Å². The van der Waals surface area contributed by atoms with Crippen molar-refractivity contribution in [3.05, 3.63) is 22.4 Å². The van der Waals surface area contributed by atoms with E-state index in [4.69, 9.17) is 5.11 Å². The normalized spacial score (nSPS) is 15.2. The van der Waals surface area contributed by atoms with Crippen molar-refractivity contribution in [3.8, 4) is 0 Å². The van der Waals surface area contributed by atoms with E-state index in [0.717, 1.165) is 12.8 Å². The molecule has 1 aliphatic rings. The molecule has 0 aliphatic heterocycles. The molecule has 7 heteroatoms. The summed E-state index contributed by atoms with van der Waals surface area (Å²) in [5.41, 5.74) is 0. The van der Waals surface area contributed by atoms with Gasteiger partial charge in [0.25, 0.3) is 5.91 Å². The number of carboxylic acids is 1. The van der Waals surface area contributed by atoms with Gasteiger partial charge in [0.15, 0.2) is 0 Å². The van der Waals surface area contributed by atoms with Crippen LogP contribution in [0.1, 0.15) is 35.4 Å². The molecule has 0 aromatic carbocycles. The van der Waals surface area contributed by atoms with Gasteiger partial charge in [-0.15, -0.1) is 11.3 Å². The molecule has 2 amide bonds. The van der Waals surface area contributed by atoms with E-state index in [-0.39, 0.29) is 24.2 Å². The minimum absolute atomic E-state index is 0.0741. The average Bonchev–Trinajstić information content (AvgIpc) is 3.13. The van der Waals surface area contributed by atoms with Crippen molar-refractivity contribution in [2.75, 3.05) is 6.54 Å². The van der Waals surface area contributed by atoms with Crippen LogP contribution in [0, 0.1) is 5.92 Å². The standard InChI is InChI=1S/C14H18N2O4S/c17-11(16-12(14(19)20)9-5-6-9)4-1-7-15-13(18)10-3-2-8-21-10/h2-3,8-9,12H,1,4-7H2,(H,15,18)(H,16,17)(H,19,20). The highest BCUT2D eigenvalue weighted by Crippen LogP contribution is 2.32. The third-order valence-electron chi connectivity index (χ3n) is 3.29. The first-order chi connectivity index (χ1) is 10.1. The molecule has 2 rings (SSSR count). The summed E-state index contributed by atoms with van der Waals surface area (Å²) in [6, 6.07) is 2.77. The summed E-state index contributed by atoms with van der Waals surface area (Å²) < 4.78 is 0. The van der Waals surface area contributed by atoms with E-state index in [1.54, 1.807) is 12.1 Å². The summed E-state index contributed by atoms with van der Waals surface area (Å²) >= 11 is 1.36. The maximum Gasteiger partial charge on any atom is 0.326 e. The highest BCUT2D eigenvalue weighted by atomic mass is 32.1. The molecule has 0 saturated heterocycles. The molecule has 1 saturated carbocycles. The summed E-state index contributed by atoms with van der Waals surface area (Å²) in [5.74, 6) is -1.33. The maximum absolute atomic E-state index is 11.7. The van der Waals surface area contributed by atoms with Gasteiger partial charge in [-0.05, 0) is 36.6 Å². The van der Waals surface area contributed by atoms with Gasteiger partial charge in [0.2, 0.25) is 5.91 Å². The summed E-state index contributed by atoms with van der Waals surface area (Å²) in [7, 11) is 0. The quantitative estimate of drug-likeness (QED) is 0.629. The molecule has 1 fully saturated rings. The van der Waals surface area contributed by atoms with Crippen LogP contribution in [0.5, 0.6) is 0 Å². The van der Waals surface area contributed by atoms with Crippen molar-refractivity contribution in [2.24, 2.45) is 5.92 Å². The number of amides is 2. The number of nitrogens with one attached hydrogen (secondary N) is 2. The number of aliphatic carboxylic acids is 1. The molecule has 0 spiro atoms. The smallest absolute Gasteiger partial charge is 0.326 e. The number of thiophene rings is 1. The lowest BCUT2D eigenvalue weighted by Crippen LogP contribution is -2.42. The van der Waals surface area contributed by atoms with Crippen LogP contribution in [0.25, 0.3) is 0 Å². The largest absolute Gasteiger partial charge is 0.480 e. The van der Waals surface area contributed by atoms with Crippen LogP contribution in [0.15, 0.2) is 17.5 Å². The van der Waals surface area contributed by atoms with Crippen LogP contribution in [-0.2, 0) is 9.59 Å². The first kappa shape index (κ1) is 15.5.